The van der Waals surface area contributed by atoms with Crippen LogP contribution in [0.2, 0.25) is 0 Å². The lowest BCUT2D eigenvalue weighted by atomic mass is 9.95. The van der Waals surface area contributed by atoms with E-state index in [9.17, 15) is 4.79 Å². The molecular weight excluding hydrogens is 241 g/mol. The first kappa shape index (κ1) is 8.30. The number of hydrogen-bond donors (Lipinski definition) is 1. The van der Waals surface area contributed by atoms with Gasteiger partial charge in [-0.25, -0.2) is 0 Å². The van der Waals surface area contributed by atoms with E-state index in [1.807, 2.05) is 0 Å². The highest BCUT2D eigenvalue weighted by atomic mass is 127. The highest BCUT2D eigenvalue weighted by molar-refractivity contribution is 14.1. The van der Waals surface area contributed by atoms with Gasteiger partial charge in [0.1, 0.15) is 0 Å². The fourth-order valence-electron chi connectivity index (χ4n) is 1.20. The molecular formula is C7H12INO. The number of piperidine rings is 1. The number of amides is 1. The molecule has 1 aliphatic heterocycles. The van der Waals surface area contributed by atoms with E-state index in [1.54, 1.807) is 0 Å². The molecule has 58 valence electrons. The second-order valence-electron chi connectivity index (χ2n) is 2.78. The van der Waals surface area contributed by atoms with Gasteiger partial charge in [0.25, 0.3) is 0 Å². The molecule has 0 bridgehead atoms. The van der Waals surface area contributed by atoms with Crippen LogP contribution in [0.3, 0.4) is 0 Å². The van der Waals surface area contributed by atoms with Crippen LogP contribution in [-0.4, -0.2) is 16.4 Å². The molecule has 1 aliphatic rings. The van der Waals surface area contributed by atoms with E-state index < -0.39 is 0 Å². The fourth-order valence-corrected chi connectivity index (χ4v) is 1.82. The summed E-state index contributed by atoms with van der Waals surface area (Å²) in [6, 6.07) is 0. The van der Waals surface area contributed by atoms with Crippen LogP contribution in [0.25, 0.3) is 0 Å². The first-order valence-corrected chi connectivity index (χ1v) is 4.85. The van der Waals surface area contributed by atoms with Gasteiger partial charge in [0.05, 0.1) is 0 Å². The first-order chi connectivity index (χ1) is 4.70. The van der Waals surface area contributed by atoms with Gasteiger partial charge in [-0.1, -0.05) is 29.5 Å². The van der Waals surface area contributed by atoms with Crippen molar-refractivity contribution in [2.75, 3.05) is 6.54 Å². The molecule has 0 aliphatic carbocycles. The minimum absolute atomic E-state index is 0.222. The summed E-state index contributed by atoms with van der Waals surface area (Å²) in [5.41, 5.74) is 0. The molecule has 0 radical (unpaired) electrons. The number of halogens is 1. The van der Waals surface area contributed by atoms with Crippen molar-refractivity contribution < 1.29 is 4.79 Å². The largest absolute Gasteiger partial charge is 0.356 e. The topological polar surface area (TPSA) is 29.1 Å². The second kappa shape index (κ2) is 3.55. The summed E-state index contributed by atoms with van der Waals surface area (Å²) in [5.74, 6) is 0.828. The molecule has 0 aromatic rings. The minimum atomic E-state index is 0.222. The number of nitrogens with one attached hydrogen (secondary N) is 1. The van der Waals surface area contributed by atoms with Crippen molar-refractivity contribution in [1.29, 1.82) is 0 Å². The van der Waals surface area contributed by atoms with Gasteiger partial charge in [0.15, 0.2) is 0 Å². The highest BCUT2D eigenvalue weighted by Crippen LogP contribution is 2.22. The summed E-state index contributed by atoms with van der Waals surface area (Å²) in [5, 5.41) is 2.82. The van der Waals surface area contributed by atoms with Crippen LogP contribution in [0, 0.1) is 5.92 Å². The van der Waals surface area contributed by atoms with Gasteiger partial charge in [0.2, 0.25) is 5.91 Å². The summed E-state index contributed by atoms with van der Waals surface area (Å²) in [6.45, 7) is 3.04. The van der Waals surface area contributed by atoms with Crippen molar-refractivity contribution in [2.24, 2.45) is 5.92 Å². The van der Waals surface area contributed by atoms with Gasteiger partial charge in [-0.15, -0.1) is 0 Å². The summed E-state index contributed by atoms with van der Waals surface area (Å²) < 4.78 is 0.628. The van der Waals surface area contributed by atoms with Gasteiger partial charge in [-0.2, -0.15) is 0 Å². The number of rotatable bonds is 1. The van der Waals surface area contributed by atoms with Crippen LogP contribution in [-0.2, 0) is 4.79 Å². The van der Waals surface area contributed by atoms with Gasteiger partial charge in [-0.05, 0) is 12.3 Å². The average Bonchev–Trinajstić information content (AvgIpc) is 1.88. The van der Waals surface area contributed by atoms with Gasteiger partial charge in [0, 0.05) is 16.9 Å². The Morgan fingerprint density at radius 3 is 2.90 bits per heavy atom. The number of carbonyl (C=O) groups is 1. The Bertz CT molecular complexity index is 136. The van der Waals surface area contributed by atoms with Crippen LogP contribution < -0.4 is 5.32 Å². The van der Waals surface area contributed by atoms with E-state index in [0.29, 0.717) is 9.84 Å². The van der Waals surface area contributed by atoms with E-state index in [2.05, 4.69) is 34.8 Å². The lowest BCUT2D eigenvalue weighted by Gasteiger charge is -2.23. The molecule has 0 spiro atoms. The summed E-state index contributed by atoms with van der Waals surface area (Å²) in [7, 11) is 0. The Kier molecular flexibility index (Phi) is 2.95. The van der Waals surface area contributed by atoms with Crippen LogP contribution >= 0.6 is 22.6 Å². The van der Waals surface area contributed by atoms with E-state index in [0.717, 1.165) is 19.4 Å². The molecule has 1 rings (SSSR count). The van der Waals surface area contributed by atoms with E-state index >= 15 is 0 Å². The molecule has 1 saturated heterocycles. The summed E-state index contributed by atoms with van der Waals surface area (Å²) in [4.78, 5) is 10.9. The number of hydrogen-bond acceptors (Lipinski definition) is 1. The fraction of sp³-hybridized carbons (Fsp3) is 0.857. The molecule has 1 heterocycles. The van der Waals surface area contributed by atoms with Crippen LogP contribution in [0.4, 0.5) is 0 Å². The quantitative estimate of drug-likeness (QED) is 0.554. The molecule has 1 amide bonds. The van der Waals surface area contributed by atoms with Crippen molar-refractivity contribution in [1.82, 2.24) is 5.32 Å². The number of alkyl halides is 1. The molecule has 1 fully saturated rings. The maximum atomic E-state index is 10.9. The number of carbonyl (C=O) groups excluding carboxylic acids is 1. The molecule has 1 N–H and O–H groups in total. The Morgan fingerprint density at radius 1 is 1.80 bits per heavy atom. The zero-order chi connectivity index (χ0) is 7.56. The van der Waals surface area contributed by atoms with Crippen molar-refractivity contribution in [3.63, 3.8) is 0 Å². The zero-order valence-electron chi connectivity index (χ0n) is 6.06. The molecule has 0 aromatic heterocycles. The maximum Gasteiger partial charge on any atom is 0.220 e. The third-order valence-corrected chi connectivity index (χ3v) is 2.95. The van der Waals surface area contributed by atoms with Crippen molar-refractivity contribution >= 4 is 28.5 Å². The molecule has 10 heavy (non-hydrogen) atoms. The van der Waals surface area contributed by atoms with Gasteiger partial charge in [-0.3, -0.25) is 4.79 Å². The predicted octanol–water partition coefficient (Wildman–Crippen LogP) is 1.34. The second-order valence-corrected chi connectivity index (χ2v) is 4.75. The Balaban J connectivity index is 2.39. The van der Waals surface area contributed by atoms with Gasteiger partial charge < -0.3 is 5.32 Å². The summed E-state index contributed by atoms with van der Waals surface area (Å²) in [6.07, 6.45) is 1.87. The monoisotopic (exact) mass is 253 g/mol. The Labute approximate surface area is 74.9 Å². The molecule has 2 atom stereocenters. The average molecular weight is 253 g/mol. The van der Waals surface area contributed by atoms with Crippen molar-refractivity contribution in [3.05, 3.63) is 0 Å². The van der Waals surface area contributed by atoms with Gasteiger partial charge >= 0.3 is 0 Å². The van der Waals surface area contributed by atoms with E-state index in [1.165, 1.54) is 0 Å². The van der Waals surface area contributed by atoms with Crippen LogP contribution in [0.1, 0.15) is 19.8 Å². The lowest BCUT2D eigenvalue weighted by molar-refractivity contribution is -0.123. The van der Waals surface area contributed by atoms with Crippen molar-refractivity contribution in [3.8, 4) is 0 Å². The normalized spacial score (nSPS) is 29.4. The van der Waals surface area contributed by atoms with Crippen LogP contribution in [0.5, 0.6) is 0 Å². The van der Waals surface area contributed by atoms with Crippen molar-refractivity contribution in [2.45, 2.75) is 23.7 Å². The highest BCUT2D eigenvalue weighted by Gasteiger charge is 2.21. The SMILES string of the molecule is CC(I)C1CCNC(=O)C1. The van der Waals surface area contributed by atoms with E-state index in [-0.39, 0.29) is 5.91 Å². The lowest BCUT2D eigenvalue weighted by Crippen LogP contribution is -2.35. The smallest absolute Gasteiger partial charge is 0.220 e. The van der Waals surface area contributed by atoms with Crippen LogP contribution in [0.15, 0.2) is 0 Å². The zero-order valence-corrected chi connectivity index (χ0v) is 8.22. The molecule has 0 aromatic carbocycles. The Morgan fingerprint density at radius 2 is 2.50 bits per heavy atom. The maximum absolute atomic E-state index is 10.9. The molecule has 2 nitrogen and oxygen atoms in total. The standard InChI is InChI=1S/C7H12INO/c1-5(8)6-2-3-9-7(10)4-6/h5-6H,2-4H2,1H3,(H,9,10). The third kappa shape index (κ3) is 2.11. The predicted molar refractivity (Wildman–Crippen MR) is 49.2 cm³/mol. The molecule has 3 heteroatoms. The first-order valence-electron chi connectivity index (χ1n) is 3.61. The molecule has 2 unspecified atom stereocenters. The summed E-state index contributed by atoms with van der Waals surface area (Å²) >= 11 is 2.39. The van der Waals surface area contributed by atoms with E-state index in [4.69, 9.17) is 0 Å². The molecule has 0 saturated carbocycles. The minimum Gasteiger partial charge on any atom is -0.356 e. The Hall–Kier alpha value is 0.200. The third-order valence-electron chi connectivity index (χ3n) is 1.93.